The molecule has 0 spiro atoms. The molecular weight excluding hydrogens is 258 g/mol. The van der Waals surface area contributed by atoms with E-state index in [0.29, 0.717) is 5.89 Å². The number of aromatic nitrogens is 2. The minimum absolute atomic E-state index is 0.122. The molecule has 1 saturated carbocycles. The zero-order valence-corrected chi connectivity index (χ0v) is 11.8. The fraction of sp³-hybridized carbons (Fsp3) is 0.786. The summed E-state index contributed by atoms with van der Waals surface area (Å²) in [7, 11) is 0. The van der Waals surface area contributed by atoms with Crippen LogP contribution in [-0.4, -0.2) is 44.7 Å². The predicted molar refractivity (Wildman–Crippen MR) is 71.1 cm³/mol. The molecule has 20 heavy (non-hydrogen) atoms. The first kappa shape index (κ1) is 13.5. The van der Waals surface area contributed by atoms with E-state index in [2.05, 4.69) is 10.1 Å². The highest BCUT2D eigenvalue weighted by Crippen LogP contribution is 2.35. The van der Waals surface area contributed by atoms with Crippen LogP contribution in [-0.2, 0) is 0 Å². The van der Waals surface area contributed by atoms with Crippen molar-refractivity contribution in [3.63, 3.8) is 0 Å². The van der Waals surface area contributed by atoms with E-state index < -0.39 is 0 Å². The molecule has 6 nitrogen and oxygen atoms in total. The lowest BCUT2D eigenvalue weighted by atomic mass is 9.80. The van der Waals surface area contributed by atoms with Crippen molar-refractivity contribution in [2.24, 2.45) is 5.92 Å². The molecule has 1 aromatic heterocycles. The second-order valence-corrected chi connectivity index (χ2v) is 5.86. The Hall–Kier alpha value is -1.43. The molecule has 3 atom stereocenters. The van der Waals surface area contributed by atoms with Crippen molar-refractivity contribution >= 4 is 5.91 Å². The van der Waals surface area contributed by atoms with Gasteiger partial charge < -0.3 is 14.5 Å². The number of aryl methyl sites for hydroxylation is 1. The quantitative estimate of drug-likeness (QED) is 0.888. The van der Waals surface area contributed by atoms with Gasteiger partial charge in [0.25, 0.3) is 11.7 Å². The Labute approximate surface area is 118 Å². The standard InChI is InChI=1S/C14H21N3O3/c1-9-15-13(16-20-9)14(19)17-8-4-6-11(17)10-5-2-3-7-12(10)18/h10-12,18H,2-8H2,1H3/t10-,11+,12+/m0/s1. The van der Waals surface area contributed by atoms with Crippen LogP contribution in [0.1, 0.15) is 55.0 Å². The first-order chi connectivity index (χ1) is 9.66. The summed E-state index contributed by atoms with van der Waals surface area (Å²) in [6, 6.07) is 0.122. The summed E-state index contributed by atoms with van der Waals surface area (Å²) in [5.74, 6) is 0.576. The van der Waals surface area contributed by atoms with Gasteiger partial charge in [0.1, 0.15) is 0 Å². The number of rotatable bonds is 2. The highest BCUT2D eigenvalue weighted by molar-refractivity contribution is 5.90. The highest BCUT2D eigenvalue weighted by atomic mass is 16.5. The smallest absolute Gasteiger partial charge is 0.295 e. The number of likely N-dealkylation sites (tertiary alicyclic amines) is 1. The van der Waals surface area contributed by atoms with Gasteiger partial charge in [-0.25, -0.2) is 0 Å². The summed E-state index contributed by atoms with van der Waals surface area (Å²) in [6.45, 7) is 2.40. The molecule has 2 aliphatic rings. The average molecular weight is 279 g/mol. The van der Waals surface area contributed by atoms with E-state index >= 15 is 0 Å². The SMILES string of the molecule is Cc1nc(C(=O)N2CCC[C@@H]2[C@@H]2CCCC[C@H]2O)no1. The van der Waals surface area contributed by atoms with Crippen LogP contribution in [0.5, 0.6) is 0 Å². The van der Waals surface area contributed by atoms with Gasteiger partial charge in [0.2, 0.25) is 5.89 Å². The third-order valence-corrected chi connectivity index (χ3v) is 4.55. The van der Waals surface area contributed by atoms with Crippen LogP contribution >= 0.6 is 0 Å². The van der Waals surface area contributed by atoms with Crippen molar-refractivity contribution in [1.82, 2.24) is 15.0 Å². The van der Waals surface area contributed by atoms with E-state index in [-0.39, 0.29) is 29.8 Å². The van der Waals surface area contributed by atoms with Gasteiger partial charge in [0.05, 0.1) is 6.10 Å². The van der Waals surface area contributed by atoms with Gasteiger partial charge in [-0.1, -0.05) is 18.0 Å². The number of aliphatic hydroxyl groups is 1. The van der Waals surface area contributed by atoms with E-state index in [1.807, 2.05) is 4.90 Å². The zero-order valence-electron chi connectivity index (χ0n) is 11.8. The Kier molecular flexibility index (Phi) is 3.74. The molecular formula is C14H21N3O3. The van der Waals surface area contributed by atoms with Crippen molar-refractivity contribution < 1.29 is 14.4 Å². The normalized spacial score (nSPS) is 30.7. The molecule has 0 radical (unpaired) electrons. The van der Waals surface area contributed by atoms with Gasteiger partial charge in [-0.3, -0.25) is 4.79 Å². The maximum Gasteiger partial charge on any atom is 0.295 e. The largest absolute Gasteiger partial charge is 0.393 e. The minimum Gasteiger partial charge on any atom is -0.393 e. The lowest BCUT2D eigenvalue weighted by Gasteiger charge is -2.36. The number of aliphatic hydroxyl groups excluding tert-OH is 1. The summed E-state index contributed by atoms with van der Waals surface area (Å²) in [5, 5.41) is 13.9. The second kappa shape index (κ2) is 5.52. The van der Waals surface area contributed by atoms with Crippen LogP contribution in [0.4, 0.5) is 0 Å². The van der Waals surface area contributed by atoms with Gasteiger partial charge in [0, 0.05) is 25.4 Å². The highest BCUT2D eigenvalue weighted by Gasteiger charge is 2.40. The number of nitrogens with zero attached hydrogens (tertiary/aromatic N) is 3. The van der Waals surface area contributed by atoms with Crippen LogP contribution in [0, 0.1) is 12.8 Å². The maximum atomic E-state index is 12.5. The molecule has 0 unspecified atom stereocenters. The molecule has 1 N–H and O–H groups in total. The fourth-order valence-electron chi connectivity index (χ4n) is 3.59. The lowest BCUT2D eigenvalue weighted by molar-refractivity contribution is 0.0206. The molecule has 0 aromatic carbocycles. The van der Waals surface area contributed by atoms with Gasteiger partial charge in [0.15, 0.2) is 0 Å². The Morgan fingerprint density at radius 1 is 1.30 bits per heavy atom. The number of carbonyl (C=O) groups excluding carboxylic acids is 1. The van der Waals surface area contributed by atoms with Crippen LogP contribution < -0.4 is 0 Å². The topological polar surface area (TPSA) is 79.5 Å². The lowest BCUT2D eigenvalue weighted by Crippen LogP contribution is -2.45. The fourth-order valence-corrected chi connectivity index (χ4v) is 3.59. The summed E-state index contributed by atoms with van der Waals surface area (Å²) in [5.41, 5.74) is 0. The van der Waals surface area contributed by atoms with Crippen molar-refractivity contribution in [1.29, 1.82) is 0 Å². The Bertz CT molecular complexity index is 488. The van der Waals surface area contributed by atoms with Gasteiger partial charge in [-0.05, 0) is 25.7 Å². The molecule has 6 heteroatoms. The van der Waals surface area contributed by atoms with E-state index in [9.17, 15) is 9.90 Å². The summed E-state index contributed by atoms with van der Waals surface area (Å²) < 4.78 is 4.89. The second-order valence-electron chi connectivity index (χ2n) is 5.86. The minimum atomic E-state index is -0.283. The van der Waals surface area contributed by atoms with E-state index in [0.717, 1.165) is 45.1 Å². The van der Waals surface area contributed by atoms with Gasteiger partial charge >= 0.3 is 0 Å². The molecule has 2 heterocycles. The monoisotopic (exact) mass is 279 g/mol. The van der Waals surface area contributed by atoms with Gasteiger partial charge in [-0.2, -0.15) is 4.98 Å². The average Bonchev–Trinajstić information content (AvgIpc) is 3.07. The van der Waals surface area contributed by atoms with Crippen molar-refractivity contribution in [3.8, 4) is 0 Å². The Morgan fingerprint density at radius 2 is 2.10 bits per heavy atom. The summed E-state index contributed by atoms with van der Waals surface area (Å²) >= 11 is 0. The van der Waals surface area contributed by atoms with Crippen LogP contribution in [0.25, 0.3) is 0 Å². The molecule has 1 saturated heterocycles. The number of amides is 1. The first-order valence-electron chi connectivity index (χ1n) is 7.46. The third-order valence-electron chi connectivity index (χ3n) is 4.55. The van der Waals surface area contributed by atoms with E-state index in [1.54, 1.807) is 6.92 Å². The Balaban J connectivity index is 1.76. The molecule has 3 rings (SSSR count). The number of hydrogen-bond donors (Lipinski definition) is 1. The number of carbonyl (C=O) groups is 1. The predicted octanol–water partition coefficient (Wildman–Crippen LogP) is 1.53. The van der Waals surface area contributed by atoms with Crippen molar-refractivity contribution in [3.05, 3.63) is 11.7 Å². The van der Waals surface area contributed by atoms with E-state index in [4.69, 9.17) is 4.52 Å². The summed E-state index contributed by atoms with van der Waals surface area (Å²) in [4.78, 5) is 18.3. The van der Waals surface area contributed by atoms with Gasteiger partial charge in [-0.15, -0.1) is 0 Å². The number of hydrogen-bond acceptors (Lipinski definition) is 5. The maximum absolute atomic E-state index is 12.5. The molecule has 1 aliphatic carbocycles. The molecule has 110 valence electrons. The summed E-state index contributed by atoms with van der Waals surface area (Å²) in [6.07, 6.45) is 5.74. The van der Waals surface area contributed by atoms with Crippen LogP contribution in [0.3, 0.4) is 0 Å². The van der Waals surface area contributed by atoms with E-state index in [1.165, 1.54) is 0 Å². The zero-order chi connectivity index (χ0) is 14.1. The molecule has 1 aliphatic heterocycles. The van der Waals surface area contributed by atoms with Crippen LogP contribution in [0.2, 0.25) is 0 Å². The molecule has 2 fully saturated rings. The third kappa shape index (κ3) is 2.44. The van der Waals surface area contributed by atoms with Crippen molar-refractivity contribution in [2.45, 2.75) is 57.6 Å². The molecule has 0 bridgehead atoms. The molecule has 1 amide bonds. The van der Waals surface area contributed by atoms with Crippen LogP contribution in [0.15, 0.2) is 4.52 Å². The molecule has 1 aromatic rings. The van der Waals surface area contributed by atoms with Crippen molar-refractivity contribution in [2.75, 3.05) is 6.54 Å². The first-order valence-corrected chi connectivity index (χ1v) is 7.46. The Morgan fingerprint density at radius 3 is 2.80 bits per heavy atom.